The molecule has 2 N–H and O–H groups in total. The summed E-state index contributed by atoms with van der Waals surface area (Å²) >= 11 is 0. The molecule has 1 atom stereocenters. The van der Waals surface area contributed by atoms with Gasteiger partial charge in [-0.1, -0.05) is 6.92 Å². The van der Waals surface area contributed by atoms with E-state index in [1.54, 1.807) is 0 Å². The van der Waals surface area contributed by atoms with Gasteiger partial charge in [-0.25, -0.2) is 12.7 Å². The van der Waals surface area contributed by atoms with Crippen molar-refractivity contribution in [1.82, 2.24) is 14.9 Å². The second kappa shape index (κ2) is 6.49. The third-order valence-corrected chi connectivity index (χ3v) is 4.53. The molecule has 6 nitrogen and oxygen atoms in total. The fraction of sp³-hybridized carbons (Fsp3) is 0.909. The summed E-state index contributed by atoms with van der Waals surface area (Å²) in [6.07, 6.45) is 2.59. The lowest BCUT2D eigenvalue weighted by atomic mass is 10.0. The van der Waals surface area contributed by atoms with E-state index in [-0.39, 0.29) is 17.9 Å². The monoisotopic (exact) mass is 277 g/mol. The summed E-state index contributed by atoms with van der Waals surface area (Å²) in [7, 11) is -1.28. The molecule has 1 rings (SSSR count). The van der Waals surface area contributed by atoms with Gasteiger partial charge in [0.1, 0.15) is 0 Å². The third kappa shape index (κ3) is 4.55. The molecule has 7 heteroatoms. The highest BCUT2D eigenvalue weighted by molar-refractivity contribution is 7.88. The van der Waals surface area contributed by atoms with Crippen LogP contribution in [0.1, 0.15) is 19.8 Å². The summed E-state index contributed by atoms with van der Waals surface area (Å²) in [5.74, 6) is -0.0370. The number of rotatable bonds is 5. The fourth-order valence-electron chi connectivity index (χ4n) is 2.07. The molecular formula is C11H23N3O3S. The Morgan fingerprint density at radius 2 is 1.94 bits per heavy atom. The number of hydrogen-bond donors (Lipinski definition) is 2. The first-order valence-corrected chi connectivity index (χ1v) is 8.09. The van der Waals surface area contributed by atoms with Gasteiger partial charge < -0.3 is 10.6 Å². The minimum absolute atomic E-state index is 0.0298. The predicted molar refractivity (Wildman–Crippen MR) is 70.7 cm³/mol. The highest BCUT2D eigenvalue weighted by Crippen LogP contribution is 2.13. The van der Waals surface area contributed by atoms with Crippen molar-refractivity contribution in [3.8, 4) is 0 Å². The van der Waals surface area contributed by atoms with Crippen molar-refractivity contribution in [3.05, 3.63) is 0 Å². The van der Waals surface area contributed by atoms with E-state index >= 15 is 0 Å². The van der Waals surface area contributed by atoms with E-state index in [9.17, 15) is 13.2 Å². The van der Waals surface area contributed by atoms with Crippen molar-refractivity contribution in [1.29, 1.82) is 0 Å². The van der Waals surface area contributed by atoms with E-state index in [1.165, 1.54) is 10.6 Å². The molecule has 18 heavy (non-hydrogen) atoms. The molecule has 1 amide bonds. The fourth-order valence-corrected chi connectivity index (χ4v) is 2.95. The molecule has 1 aliphatic heterocycles. The summed E-state index contributed by atoms with van der Waals surface area (Å²) in [6, 6.07) is 0.0924. The van der Waals surface area contributed by atoms with Crippen molar-refractivity contribution in [3.63, 3.8) is 0 Å². The zero-order chi connectivity index (χ0) is 13.8. The first kappa shape index (κ1) is 15.4. The van der Waals surface area contributed by atoms with Crippen LogP contribution in [0.3, 0.4) is 0 Å². The molecule has 0 aliphatic carbocycles. The van der Waals surface area contributed by atoms with Crippen molar-refractivity contribution in [2.24, 2.45) is 5.92 Å². The van der Waals surface area contributed by atoms with Gasteiger partial charge in [0.05, 0.1) is 6.26 Å². The average Bonchev–Trinajstić information content (AvgIpc) is 2.28. The number of nitrogens with zero attached hydrogens (tertiary/aromatic N) is 1. The van der Waals surface area contributed by atoms with Gasteiger partial charge in [-0.05, 0) is 19.9 Å². The second-order valence-electron chi connectivity index (χ2n) is 4.90. The molecule has 1 fully saturated rings. The number of nitrogens with one attached hydrogen (secondary N) is 2. The van der Waals surface area contributed by atoms with Gasteiger partial charge in [-0.3, -0.25) is 4.79 Å². The Balaban J connectivity index is 2.38. The van der Waals surface area contributed by atoms with Crippen molar-refractivity contribution < 1.29 is 13.2 Å². The molecule has 1 aliphatic rings. The highest BCUT2D eigenvalue weighted by Gasteiger charge is 2.26. The Hall–Kier alpha value is -0.660. The lowest BCUT2D eigenvalue weighted by Gasteiger charge is -2.31. The van der Waals surface area contributed by atoms with Gasteiger partial charge in [-0.2, -0.15) is 0 Å². The molecule has 0 radical (unpaired) electrons. The van der Waals surface area contributed by atoms with Gasteiger partial charge in [-0.15, -0.1) is 0 Å². The zero-order valence-corrected chi connectivity index (χ0v) is 12.1. The van der Waals surface area contributed by atoms with E-state index < -0.39 is 10.0 Å². The molecular weight excluding hydrogens is 254 g/mol. The summed E-state index contributed by atoms with van der Waals surface area (Å²) < 4.78 is 24.1. The number of sulfonamides is 1. The van der Waals surface area contributed by atoms with Crippen molar-refractivity contribution >= 4 is 15.9 Å². The smallest absolute Gasteiger partial charge is 0.224 e. The summed E-state index contributed by atoms with van der Waals surface area (Å²) in [5.41, 5.74) is 0. The Morgan fingerprint density at radius 3 is 2.39 bits per heavy atom. The van der Waals surface area contributed by atoms with Crippen LogP contribution in [0.25, 0.3) is 0 Å². The topological polar surface area (TPSA) is 78.5 Å². The lowest BCUT2D eigenvalue weighted by Crippen LogP contribution is -2.48. The van der Waals surface area contributed by atoms with E-state index in [4.69, 9.17) is 0 Å². The van der Waals surface area contributed by atoms with Crippen LogP contribution >= 0.6 is 0 Å². The number of carbonyl (C=O) groups excluding carboxylic acids is 1. The van der Waals surface area contributed by atoms with Crippen LogP contribution in [0, 0.1) is 5.92 Å². The summed E-state index contributed by atoms with van der Waals surface area (Å²) in [5, 5.41) is 5.94. The van der Waals surface area contributed by atoms with E-state index in [0.717, 1.165) is 0 Å². The first-order valence-electron chi connectivity index (χ1n) is 6.24. The van der Waals surface area contributed by atoms with Crippen LogP contribution in [-0.4, -0.2) is 57.6 Å². The molecule has 0 aromatic carbocycles. The lowest BCUT2D eigenvalue weighted by molar-refractivity contribution is -0.125. The molecule has 0 aromatic heterocycles. The number of carbonyl (C=O) groups is 1. The van der Waals surface area contributed by atoms with E-state index in [2.05, 4.69) is 10.6 Å². The third-order valence-electron chi connectivity index (χ3n) is 3.23. The van der Waals surface area contributed by atoms with Crippen LogP contribution in [0.15, 0.2) is 0 Å². The average molecular weight is 277 g/mol. The Bertz CT molecular complexity index is 375. The number of piperidine rings is 1. The molecule has 0 saturated carbocycles. The van der Waals surface area contributed by atoms with Crippen LogP contribution < -0.4 is 10.6 Å². The maximum absolute atomic E-state index is 11.8. The number of hydrogen-bond acceptors (Lipinski definition) is 4. The van der Waals surface area contributed by atoms with Crippen LogP contribution in [0.2, 0.25) is 0 Å². The SMILES string of the molecule is CNCC(C)C(=O)NC1CCN(S(C)(=O)=O)CC1. The molecule has 106 valence electrons. The van der Waals surface area contributed by atoms with Crippen molar-refractivity contribution in [2.75, 3.05) is 32.9 Å². The first-order chi connectivity index (χ1) is 8.34. The minimum Gasteiger partial charge on any atom is -0.353 e. The van der Waals surface area contributed by atoms with E-state index in [1.807, 2.05) is 14.0 Å². The van der Waals surface area contributed by atoms with Crippen molar-refractivity contribution in [2.45, 2.75) is 25.8 Å². The largest absolute Gasteiger partial charge is 0.353 e. The maximum atomic E-state index is 11.8. The molecule has 0 spiro atoms. The van der Waals surface area contributed by atoms with Gasteiger partial charge in [0.25, 0.3) is 0 Å². The standard InChI is InChI=1S/C11H23N3O3S/c1-9(8-12-2)11(15)13-10-4-6-14(7-5-10)18(3,16)17/h9-10,12H,4-8H2,1-3H3,(H,13,15). The maximum Gasteiger partial charge on any atom is 0.224 e. The van der Waals surface area contributed by atoms with Crippen LogP contribution in [0.4, 0.5) is 0 Å². The van der Waals surface area contributed by atoms with Gasteiger partial charge >= 0.3 is 0 Å². The Morgan fingerprint density at radius 1 is 1.39 bits per heavy atom. The second-order valence-corrected chi connectivity index (χ2v) is 6.89. The molecule has 0 bridgehead atoms. The summed E-state index contributed by atoms with van der Waals surface area (Å²) in [6.45, 7) is 3.50. The molecule has 1 heterocycles. The zero-order valence-electron chi connectivity index (χ0n) is 11.3. The minimum atomic E-state index is -3.09. The number of amides is 1. The van der Waals surface area contributed by atoms with Gasteiger partial charge in [0.15, 0.2) is 0 Å². The van der Waals surface area contributed by atoms with Gasteiger partial charge in [0, 0.05) is 31.6 Å². The normalized spacial score (nSPS) is 20.6. The molecule has 0 aromatic rings. The predicted octanol–water partition coefficient (Wildman–Crippen LogP) is -0.618. The highest BCUT2D eigenvalue weighted by atomic mass is 32.2. The Labute approximate surface area is 109 Å². The van der Waals surface area contributed by atoms with Crippen LogP contribution in [0.5, 0.6) is 0 Å². The molecule has 1 saturated heterocycles. The quantitative estimate of drug-likeness (QED) is 0.702. The van der Waals surface area contributed by atoms with E-state index in [0.29, 0.717) is 32.5 Å². The Kier molecular flexibility index (Phi) is 5.55. The van der Waals surface area contributed by atoms with Crippen LogP contribution in [-0.2, 0) is 14.8 Å². The summed E-state index contributed by atoms with van der Waals surface area (Å²) in [4.78, 5) is 11.8. The molecule has 1 unspecified atom stereocenters. The van der Waals surface area contributed by atoms with Gasteiger partial charge in [0.2, 0.25) is 15.9 Å².